The van der Waals surface area contributed by atoms with Gasteiger partial charge in [-0.25, -0.2) is 4.79 Å². The van der Waals surface area contributed by atoms with E-state index in [1.54, 1.807) is 24.3 Å². The van der Waals surface area contributed by atoms with Crippen molar-refractivity contribution in [2.75, 3.05) is 26.8 Å². The maximum Gasteiger partial charge on any atom is 0.329 e. The molecule has 5 nitrogen and oxygen atoms in total. The van der Waals surface area contributed by atoms with Crippen LogP contribution < -0.4 is 5.73 Å². The number of hydrogen-bond donors (Lipinski definition) is 2. The predicted molar refractivity (Wildman–Crippen MR) is 71.8 cm³/mol. The van der Waals surface area contributed by atoms with E-state index in [9.17, 15) is 9.90 Å². The van der Waals surface area contributed by atoms with Gasteiger partial charge in [-0.3, -0.25) is 4.90 Å². The molecule has 0 aromatic heterocycles. The molecule has 1 aromatic carbocycles. The molecule has 1 aliphatic rings. The van der Waals surface area contributed by atoms with Gasteiger partial charge in [0.05, 0.1) is 6.61 Å². The number of hydrogen-bond acceptors (Lipinski definition) is 4. The standard InChI is InChI=1S/C14H20N2O3/c1-16(12-7-8-19-9-12)10-14(15,13(17)18)11-5-3-2-4-6-11/h2-6,12H,7-10,15H2,1H3,(H,17,18). The molecule has 2 rings (SSSR count). The first-order chi connectivity index (χ1) is 9.04. The summed E-state index contributed by atoms with van der Waals surface area (Å²) < 4.78 is 5.33. The van der Waals surface area contributed by atoms with Crippen molar-refractivity contribution in [3.8, 4) is 0 Å². The van der Waals surface area contributed by atoms with Crippen LogP contribution in [0, 0.1) is 0 Å². The van der Waals surface area contributed by atoms with E-state index < -0.39 is 11.5 Å². The van der Waals surface area contributed by atoms with Gasteiger partial charge in [-0.15, -0.1) is 0 Å². The van der Waals surface area contributed by atoms with Gasteiger partial charge in [0.25, 0.3) is 0 Å². The molecule has 1 aliphatic heterocycles. The van der Waals surface area contributed by atoms with Crippen LogP contribution in [0.5, 0.6) is 0 Å². The zero-order valence-corrected chi connectivity index (χ0v) is 11.1. The Hall–Kier alpha value is -1.43. The van der Waals surface area contributed by atoms with Crippen LogP contribution >= 0.6 is 0 Å². The average molecular weight is 264 g/mol. The highest BCUT2D eigenvalue weighted by Crippen LogP contribution is 2.22. The molecule has 1 aromatic rings. The van der Waals surface area contributed by atoms with E-state index in [4.69, 9.17) is 10.5 Å². The Balaban J connectivity index is 2.18. The van der Waals surface area contributed by atoms with E-state index in [-0.39, 0.29) is 12.6 Å². The molecule has 0 aliphatic carbocycles. The molecule has 0 bridgehead atoms. The van der Waals surface area contributed by atoms with Gasteiger partial charge in [-0.1, -0.05) is 30.3 Å². The molecule has 104 valence electrons. The number of carboxylic acid groups (broad SMARTS) is 1. The minimum absolute atomic E-state index is 0.242. The third kappa shape index (κ3) is 2.94. The third-order valence-electron chi connectivity index (χ3n) is 3.70. The summed E-state index contributed by atoms with van der Waals surface area (Å²) >= 11 is 0. The minimum Gasteiger partial charge on any atom is -0.480 e. The zero-order chi connectivity index (χ0) is 13.9. The summed E-state index contributed by atoms with van der Waals surface area (Å²) in [4.78, 5) is 13.6. The first kappa shape index (κ1) is 14.0. The van der Waals surface area contributed by atoms with E-state index in [1.807, 2.05) is 18.0 Å². The maximum atomic E-state index is 11.6. The van der Waals surface area contributed by atoms with Crippen molar-refractivity contribution in [2.45, 2.75) is 18.0 Å². The molecule has 5 heteroatoms. The van der Waals surface area contributed by atoms with Gasteiger partial charge in [0.1, 0.15) is 0 Å². The lowest BCUT2D eigenvalue weighted by atomic mass is 9.90. The number of likely N-dealkylation sites (N-methyl/N-ethyl adjacent to an activating group) is 1. The maximum absolute atomic E-state index is 11.6. The second-order valence-electron chi connectivity index (χ2n) is 5.08. The van der Waals surface area contributed by atoms with Crippen LogP contribution in [0.1, 0.15) is 12.0 Å². The van der Waals surface area contributed by atoms with Crippen LogP contribution in [0.25, 0.3) is 0 Å². The Morgan fingerprint density at radius 2 is 2.21 bits per heavy atom. The zero-order valence-electron chi connectivity index (χ0n) is 11.1. The van der Waals surface area contributed by atoms with Crippen molar-refractivity contribution in [1.29, 1.82) is 0 Å². The minimum atomic E-state index is -1.39. The first-order valence-electron chi connectivity index (χ1n) is 6.40. The number of aliphatic carboxylic acids is 1. The molecule has 19 heavy (non-hydrogen) atoms. The summed E-state index contributed by atoms with van der Waals surface area (Å²) in [6, 6.07) is 9.21. The number of rotatable bonds is 5. The van der Waals surface area contributed by atoms with Gasteiger partial charge in [-0.05, 0) is 19.0 Å². The highest BCUT2D eigenvalue weighted by atomic mass is 16.5. The predicted octanol–water partition coefficient (Wildman–Crippen LogP) is 0.646. The number of carbonyl (C=O) groups is 1. The fourth-order valence-electron chi connectivity index (χ4n) is 2.41. The van der Waals surface area contributed by atoms with Crippen LogP contribution in [0.2, 0.25) is 0 Å². The summed E-state index contributed by atoms with van der Waals surface area (Å²) in [7, 11) is 1.90. The molecule has 1 fully saturated rings. The molecule has 2 unspecified atom stereocenters. The third-order valence-corrected chi connectivity index (χ3v) is 3.70. The van der Waals surface area contributed by atoms with Gasteiger partial charge in [0.15, 0.2) is 5.54 Å². The molecule has 3 N–H and O–H groups in total. The van der Waals surface area contributed by atoms with E-state index in [1.165, 1.54) is 0 Å². The van der Waals surface area contributed by atoms with Crippen LogP contribution in [-0.4, -0.2) is 48.8 Å². The smallest absolute Gasteiger partial charge is 0.329 e. The fraction of sp³-hybridized carbons (Fsp3) is 0.500. The Kier molecular flexibility index (Phi) is 4.19. The number of nitrogens with two attached hydrogens (primary N) is 1. The topological polar surface area (TPSA) is 75.8 Å². The van der Waals surface area contributed by atoms with Crippen LogP contribution in [0.4, 0.5) is 0 Å². The van der Waals surface area contributed by atoms with Gasteiger partial charge in [0.2, 0.25) is 0 Å². The van der Waals surface area contributed by atoms with Crippen LogP contribution in [0.15, 0.2) is 30.3 Å². The van der Waals surface area contributed by atoms with E-state index in [2.05, 4.69) is 0 Å². The normalized spacial score (nSPS) is 22.4. The second kappa shape index (κ2) is 5.69. The van der Waals surface area contributed by atoms with Gasteiger partial charge in [0, 0.05) is 19.2 Å². The Morgan fingerprint density at radius 3 is 2.74 bits per heavy atom. The van der Waals surface area contributed by atoms with Crippen LogP contribution in [-0.2, 0) is 15.1 Å². The largest absolute Gasteiger partial charge is 0.480 e. The lowest BCUT2D eigenvalue weighted by molar-refractivity contribution is -0.144. The Labute approximate surface area is 113 Å². The number of ether oxygens (including phenoxy) is 1. The number of benzene rings is 1. The summed E-state index contributed by atoms with van der Waals surface area (Å²) in [6.45, 7) is 1.63. The first-order valence-corrected chi connectivity index (χ1v) is 6.40. The molecular formula is C14H20N2O3. The van der Waals surface area contributed by atoms with Crippen molar-refractivity contribution in [3.05, 3.63) is 35.9 Å². The van der Waals surface area contributed by atoms with Gasteiger partial charge >= 0.3 is 5.97 Å². The quantitative estimate of drug-likeness (QED) is 0.816. The SMILES string of the molecule is CN(CC(N)(C(=O)O)c1ccccc1)C1CCOC1. The summed E-state index contributed by atoms with van der Waals surface area (Å²) in [6.07, 6.45) is 0.918. The molecule has 0 amide bonds. The summed E-state index contributed by atoms with van der Waals surface area (Å²) in [5.74, 6) is -1.01. The molecule has 1 heterocycles. The van der Waals surface area contributed by atoms with Gasteiger partial charge < -0.3 is 15.6 Å². The van der Waals surface area contributed by atoms with Crippen molar-refractivity contribution < 1.29 is 14.6 Å². The highest BCUT2D eigenvalue weighted by molar-refractivity contribution is 5.80. The Morgan fingerprint density at radius 1 is 1.53 bits per heavy atom. The summed E-state index contributed by atoms with van der Waals surface area (Å²) in [5.41, 5.74) is 5.38. The molecular weight excluding hydrogens is 244 g/mol. The lowest BCUT2D eigenvalue weighted by Gasteiger charge is -2.33. The van der Waals surface area contributed by atoms with Gasteiger partial charge in [-0.2, -0.15) is 0 Å². The molecule has 0 radical (unpaired) electrons. The highest BCUT2D eigenvalue weighted by Gasteiger charge is 2.38. The monoisotopic (exact) mass is 264 g/mol. The van der Waals surface area contributed by atoms with E-state index in [0.717, 1.165) is 13.0 Å². The molecule has 0 spiro atoms. The molecule has 2 atom stereocenters. The fourth-order valence-corrected chi connectivity index (χ4v) is 2.41. The van der Waals surface area contributed by atoms with Crippen LogP contribution in [0.3, 0.4) is 0 Å². The van der Waals surface area contributed by atoms with E-state index in [0.29, 0.717) is 12.2 Å². The molecule has 0 saturated carbocycles. The Bertz CT molecular complexity index is 432. The van der Waals surface area contributed by atoms with Crippen molar-refractivity contribution >= 4 is 5.97 Å². The van der Waals surface area contributed by atoms with E-state index >= 15 is 0 Å². The van der Waals surface area contributed by atoms with Crippen molar-refractivity contribution in [1.82, 2.24) is 4.90 Å². The summed E-state index contributed by atoms with van der Waals surface area (Å²) in [5, 5.41) is 9.49. The van der Waals surface area contributed by atoms with Crippen molar-refractivity contribution in [3.63, 3.8) is 0 Å². The average Bonchev–Trinajstić information content (AvgIpc) is 2.93. The number of nitrogens with zero attached hydrogens (tertiary/aromatic N) is 1. The number of carboxylic acids is 1. The molecule has 1 saturated heterocycles. The lowest BCUT2D eigenvalue weighted by Crippen LogP contribution is -2.54. The second-order valence-corrected chi connectivity index (χ2v) is 5.08. The van der Waals surface area contributed by atoms with Crippen molar-refractivity contribution in [2.24, 2.45) is 5.73 Å².